The van der Waals surface area contributed by atoms with Gasteiger partial charge in [0.15, 0.2) is 0 Å². The van der Waals surface area contributed by atoms with Crippen LogP contribution in [0.25, 0.3) is 0 Å². The first-order valence-corrected chi connectivity index (χ1v) is 4.61. The van der Waals surface area contributed by atoms with E-state index in [1.807, 2.05) is 0 Å². The van der Waals surface area contributed by atoms with Crippen LogP contribution in [-0.2, 0) is 0 Å². The van der Waals surface area contributed by atoms with Gasteiger partial charge in [-0.2, -0.15) is 0 Å². The standard InChI is InChI=1S/C9H19NO/c1-7(2)6-10-8-4-3-5-9(8)11/h7-11H,3-6H2,1-2H3. The minimum absolute atomic E-state index is 0.0891. The van der Waals surface area contributed by atoms with Crippen molar-refractivity contribution in [2.75, 3.05) is 6.54 Å². The molecule has 0 aliphatic heterocycles. The van der Waals surface area contributed by atoms with Crippen molar-refractivity contribution in [3.63, 3.8) is 0 Å². The van der Waals surface area contributed by atoms with Gasteiger partial charge in [-0.15, -0.1) is 0 Å². The highest BCUT2D eigenvalue weighted by molar-refractivity contribution is 4.82. The Morgan fingerprint density at radius 2 is 2.18 bits per heavy atom. The normalized spacial score (nSPS) is 31.6. The molecule has 1 aliphatic rings. The lowest BCUT2D eigenvalue weighted by Crippen LogP contribution is -2.37. The molecule has 0 amide bonds. The Morgan fingerprint density at radius 1 is 1.45 bits per heavy atom. The van der Waals surface area contributed by atoms with Gasteiger partial charge in [0.05, 0.1) is 6.10 Å². The van der Waals surface area contributed by atoms with Gasteiger partial charge in [-0.3, -0.25) is 0 Å². The van der Waals surface area contributed by atoms with E-state index in [9.17, 15) is 5.11 Å². The maximum absolute atomic E-state index is 9.44. The summed E-state index contributed by atoms with van der Waals surface area (Å²) in [6.07, 6.45) is 3.22. The van der Waals surface area contributed by atoms with Crippen molar-refractivity contribution in [2.45, 2.75) is 45.3 Å². The summed E-state index contributed by atoms with van der Waals surface area (Å²) in [5.41, 5.74) is 0. The monoisotopic (exact) mass is 157 g/mol. The first-order chi connectivity index (χ1) is 5.20. The van der Waals surface area contributed by atoms with Crippen molar-refractivity contribution in [3.8, 4) is 0 Å². The van der Waals surface area contributed by atoms with Crippen molar-refractivity contribution in [1.29, 1.82) is 0 Å². The molecule has 1 saturated carbocycles. The van der Waals surface area contributed by atoms with E-state index < -0.39 is 0 Å². The number of nitrogens with one attached hydrogen (secondary N) is 1. The molecule has 0 bridgehead atoms. The molecule has 0 aromatic rings. The topological polar surface area (TPSA) is 32.3 Å². The Balaban J connectivity index is 2.15. The largest absolute Gasteiger partial charge is 0.392 e. The van der Waals surface area contributed by atoms with Crippen LogP contribution in [0.4, 0.5) is 0 Å². The minimum Gasteiger partial charge on any atom is -0.392 e. The molecule has 0 aromatic heterocycles. The Labute approximate surface area is 69.0 Å². The van der Waals surface area contributed by atoms with E-state index in [0.29, 0.717) is 12.0 Å². The van der Waals surface area contributed by atoms with Gasteiger partial charge in [-0.25, -0.2) is 0 Å². The molecule has 0 aromatic carbocycles. The predicted octanol–water partition coefficient (Wildman–Crippen LogP) is 1.15. The molecule has 1 fully saturated rings. The summed E-state index contributed by atoms with van der Waals surface area (Å²) in [7, 11) is 0. The first kappa shape index (κ1) is 9.01. The Morgan fingerprint density at radius 3 is 2.64 bits per heavy atom. The van der Waals surface area contributed by atoms with E-state index >= 15 is 0 Å². The van der Waals surface area contributed by atoms with Gasteiger partial charge in [-0.1, -0.05) is 13.8 Å². The molecule has 2 N–H and O–H groups in total. The molecule has 0 heterocycles. The molecule has 0 spiro atoms. The molecule has 2 atom stereocenters. The zero-order chi connectivity index (χ0) is 8.27. The van der Waals surface area contributed by atoms with E-state index in [0.717, 1.165) is 19.4 Å². The second kappa shape index (κ2) is 4.07. The molecule has 0 saturated heterocycles. The second-order valence-electron chi connectivity index (χ2n) is 3.91. The molecule has 11 heavy (non-hydrogen) atoms. The van der Waals surface area contributed by atoms with Crippen LogP contribution in [0.1, 0.15) is 33.1 Å². The molecule has 2 nitrogen and oxygen atoms in total. The van der Waals surface area contributed by atoms with Crippen LogP contribution in [0, 0.1) is 5.92 Å². The summed E-state index contributed by atoms with van der Waals surface area (Å²) in [4.78, 5) is 0. The van der Waals surface area contributed by atoms with Gasteiger partial charge >= 0.3 is 0 Å². The fourth-order valence-corrected chi connectivity index (χ4v) is 1.57. The Hall–Kier alpha value is -0.0800. The maximum atomic E-state index is 9.44. The van der Waals surface area contributed by atoms with Crippen molar-refractivity contribution in [3.05, 3.63) is 0 Å². The van der Waals surface area contributed by atoms with Crippen LogP contribution in [-0.4, -0.2) is 23.8 Å². The van der Waals surface area contributed by atoms with Crippen LogP contribution < -0.4 is 5.32 Å². The summed E-state index contributed by atoms with van der Waals surface area (Å²) in [6, 6.07) is 0.373. The molecular weight excluding hydrogens is 138 g/mol. The average Bonchev–Trinajstić information content (AvgIpc) is 2.31. The van der Waals surface area contributed by atoms with Crippen molar-refractivity contribution in [1.82, 2.24) is 5.32 Å². The smallest absolute Gasteiger partial charge is 0.0693 e. The van der Waals surface area contributed by atoms with E-state index in [-0.39, 0.29) is 6.10 Å². The van der Waals surface area contributed by atoms with Crippen LogP contribution in [0.15, 0.2) is 0 Å². The number of rotatable bonds is 3. The number of hydrogen-bond donors (Lipinski definition) is 2. The third-order valence-corrected chi connectivity index (χ3v) is 2.27. The second-order valence-corrected chi connectivity index (χ2v) is 3.91. The minimum atomic E-state index is -0.0891. The van der Waals surface area contributed by atoms with Crippen LogP contribution in [0.5, 0.6) is 0 Å². The molecular formula is C9H19NO. The van der Waals surface area contributed by atoms with Gasteiger partial charge in [0.25, 0.3) is 0 Å². The summed E-state index contributed by atoms with van der Waals surface area (Å²) < 4.78 is 0. The third kappa shape index (κ3) is 2.80. The average molecular weight is 157 g/mol. The molecule has 1 aliphatic carbocycles. The number of aliphatic hydroxyl groups is 1. The number of aliphatic hydroxyl groups excluding tert-OH is 1. The van der Waals surface area contributed by atoms with Crippen LogP contribution >= 0.6 is 0 Å². The Kier molecular flexibility index (Phi) is 3.34. The summed E-state index contributed by atoms with van der Waals surface area (Å²) >= 11 is 0. The van der Waals surface area contributed by atoms with Gasteiger partial charge < -0.3 is 10.4 Å². The first-order valence-electron chi connectivity index (χ1n) is 4.61. The Bertz CT molecular complexity index is 114. The third-order valence-electron chi connectivity index (χ3n) is 2.27. The van der Waals surface area contributed by atoms with Crippen molar-refractivity contribution < 1.29 is 5.11 Å². The summed E-state index contributed by atoms with van der Waals surface area (Å²) in [5.74, 6) is 0.683. The van der Waals surface area contributed by atoms with Gasteiger partial charge in [-0.05, 0) is 31.7 Å². The molecule has 2 heteroatoms. The lowest BCUT2D eigenvalue weighted by atomic mass is 10.1. The summed E-state index contributed by atoms with van der Waals surface area (Å²) in [5, 5.41) is 12.8. The van der Waals surface area contributed by atoms with E-state index in [2.05, 4.69) is 19.2 Å². The number of hydrogen-bond acceptors (Lipinski definition) is 2. The molecule has 1 rings (SSSR count). The van der Waals surface area contributed by atoms with Crippen molar-refractivity contribution in [2.24, 2.45) is 5.92 Å². The highest BCUT2D eigenvalue weighted by Crippen LogP contribution is 2.18. The van der Waals surface area contributed by atoms with E-state index in [1.54, 1.807) is 0 Å². The molecule has 66 valence electrons. The quantitative estimate of drug-likeness (QED) is 0.644. The van der Waals surface area contributed by atoms with E-state index in [4.69, 9.17) is 0 Å². The zero-order valence-electron chi connectivity index (χ0n) is 7.51. The fraction of sp³-hybridized carbons (Fsp3) is 1.00. The lowest BCUT2D eigenvalue weighted by Gasteiger charge is -2.17. The van der Waals surface area contributed by atoms with Gasteiger partial charge in [0.2, 0.25) is 0 Å². The van der Waals surface area contributed by atoms with Crippen LogP contribution in [0.2, 0.25) is 0 Å². The zero-order valence-corrected chi connectivity index (χ0v) is 7.51. The maximum Gasteiger partial charge on any atom is 0.0693 e. The van der Waals surface area contributed by atoms with Crippen LogP contribution in [0.3, 0.4) is 0 Å². The van der Waals surface area contributed by atoms with Crippen molar-refractivity contribution >= 4 is 0 Å². The summed E-state index contributed by atoms with van der Waals surface area (Å²) in [6.45, 7) is 5.41. The predicted molar refractivity (Wildman–Crippen MR) is 46.5 cm³/mol. The fourth-order valence-electron chi connectivity index (χ4n) is 1.57. The molecule has 2 unspecified atom stereocenters. The highest BCUT2D eigenvalue weighted by atomic mass is 16.3. The highest BCUT2D eigenvalue weighted by Gasteiger charge is 2.24. The van der Waals surface area contributed by atoms with Gasteiger partial charge in [0.1, 0.15) is 0 Å². The molecule has 0 radical (unpaired) electrons. The lowest BCUT2D eigenvalue weighted by molar-refractivity contribution is 0.147. The SMILES string of the molecule is CC(C)CNC1CCCC1O. The van der Waals surface area contributed by atoms with E-state index in [1.165, 1.54) is 6.42 Å². The van der Waals surface area contributed by atoms with Gasteiger partial charge in [0, 0.05) is 6.04 Å².